The number of hydrogen-bond acceptors (Lipinski definition) is 2. The standard InChI is InChI=1S/C12H16BrClN2O/c1-3-6-15-12(17)8(2)16-11-7-9(14)4-5-10(11)13/h4-5,7-8,16H,3,6H2,1-2H3,(H,15,17). The average molecular weight is 320 g/mol. The average Bonchev–Trinajstić information content (AvgIpc) is 2.30. The number of carbonyl (C=O) groups excluding carboxylic acids is 1. The van der Waals surface area contributed by atoms with Gasteiger partial charge in [-0.15, -0.1) is 0 Å². The third-order valence-corrected chi connectivity index (χ3v) is 3.17. The number of hydrogen-bond donors (Lipinski definition) is 2. The first-order valence-corrected chi connectivity index (χ1v) is 6.71. The van der Waals surface area contributed by atoms with E-state index in [4.69, 9.17) is 11.6 Å². The highest BCUT2D eigenvalue weighted by Crippen LogP contribution is 2.26. The van der Waals surface area contributed by atoms with E-state index in [1.54, 1.807) is 12.1 Å². The molecule has 0 spiro atoms. The minimum Gasteiger partial charge on any atom is -0.373 e. The summed E-state index contributed by atoms with van der Waals surface area (Å²) in [5.74, 6) is -0.0151. The van der Waals surface area contributed by atoms with Crippen molar-refractivity contribution in [3.05, 3.63) is 27.7 Å². The Hall–Kier alpha value is -0.740. The number of amides is 1. The molecule has 0 aliphatic carbocycles. The van der Waals surface area contributed by atoms with Gasteiger partial charge in [-0.3, -0.25) is 4.79 Å². The van der Waals surface area contributed by atoms with Gasteiger partial charge >= 0.3 is 0 Å². The zero-order valence-corrected chi connectivity index (χ0v) is 12.2. The summed E-state index contributed by atoms with van der Waals surface area (Å²) in [5, 5.41) is 6.59. The fraction of sp³-hybridized carbons (Fsp3) is 0.417. The number of anilines is 1. The highest BCUT2D eigenvalue weighted by Gasteiger charge is 2.13. The van der Waals surface area contributed by atoms with Crippen molar-refractivity contribution in [3.8, 4) is 0 Å². The van der Waals surface area contributed by atoms with Crippen molar-refractivity contribution >= 4 is 39.1 Å². The van der Waals surface area contributed by atoms with Gasteiger partial charge in [0.15, 0.2) is 0 Å². The third-order valence-electron chi connectivity index (χ3n) is 2.24. The van der Waals surface area contributed by atoms with Crippen LogP contribution in [0.4, 0.5) is 5.69 Å². The Morgan fingerprint density at radius 1 is 1.53 bits per heavy atom. The highest BCUT2D eigenvalue weighted by molar-refractivity contribution is 9.10. The summed E-state index contributed by atoms with van der Waals surface area (Å²) in [6.45, 7) is 4.53. The van der Waals surface area contributed by atoms with Crippen molar-refractivity contribution in [3.63, 3.8) is 0 Å². The maximum atomic E-state index is 11.7. The van der Waals surface area contributed by atoms with Crippen LogP contribution in [0, 0.1) is 0 Å². The summed E-state index contributed by atoms with van der Waals surface area (Å²) >= 11 is 9.31. The first-order chi connectivity index (χ1) is 8.04. The molecule has 1 aromatic carbocycles. The normalized spacial score (nSPS) is 12.0. The Labute approximate surface area is 115 Å². The van der Waals surface area contributed by atoms with Crippen molar-refractivity contribution in [2.45, 2.75) is 26.3 Å². The van der Waals surface area contributed by atoms with E-state index in [1.807, 2.05) is 19.9 Å². The fourth-order valence-corrected chi connectivity index (χ4v) is 1.84. The molecule has 0 aliphatic rings. The number of nitrogens with one attached hydrogen (secondary N) is 2. The first kappa shape index (κ1) is 14.3. The summed E-state index contributed by atoms with van der Waals surface area (Å²) in [6, 6.07) is 5.13. The SMILES string of the molecule is CCCNC(=O)C(C)Nc1cc(Cl)ccc1Br. The molecule has 94 valence electrons. The summed E-state index contributed by atoms with van der Waals surface area (Å²) in [6.07, 6.45) is 0.930. The van der Waals surface area contributed by atoms with E-state index in [1.165, 1.54) is 0 Å². The minimum atomic E-state index is -0.295. The second-order valence-electron chi connectivity index (χ2n) is 3.78. The molecular formula is C12H16BrClN2O. The Morgan fingerprint density at radius 3 is 2.88 bits per heavy atom. The number of rotatable bonds is 5. The van der Waals surface area contributed by atoms with E-state index in [2.05, 4.69) is 26.6 Å². The van der Waals surface area contributed by atoms with Gasteiger partial charge in [0.2, 0.25) is 5.91 Å². The summed E-state index contributed by atoms with van der Waals surface area (Å²) in [4.78, 5) is 11.7. The monoisotopic (exact) mass is 318 g/mol. The smallest absolute Gasteiger partial charge is 0.242 e. The number of benzene rings is 1. The van der Waals surface area contributed by atoms with Crippen molar-refractivity contribution in [2.24, 2.45) is 0 Å². The molecule has 0 bridgehead atoms. The molecule has 1 aromatic rings. The fourth-order valence-electron chi connectivity index (χ4n) is 1.31. The van der Waals surface area contributed by atoms with Crippen LogP contribution in [0.1, 0.15) is 20.3 Å². The lowest BCUT2D eigenvalue weighted by molar-refractivity contribution is -0.121. The summed E-state index contributed by atoms with van der Waals surface area (Å²) in [5.41, 5.74) is 0.816. The lowest BCUT2D eigenvalue weighted by Crippen LogP contribution is -2.37. The molecule has 0 fully saturated rings. The molecule has 0 saturated carbocycles. The van der Waals surface area contributed by atoms with Crippen LogP contribution in [-0.2, 0) is 4.79 Å². The molecule has 0 aliphatic heterocycles. The molecule has 17 heavy (non-hydrogen) atoms. The van der Waals surface area contributed by atoms with Crippen LogP contribution in [0.5, 0.6) is 0 Å². The quantitative estimate of drug-likeness (QED) is 0.873. The molecule has 3 nitrogen and oxygen atoms in total. The van der Waals surface area contributed by atoms with Crippen LogP contribution in [0.2, 0.25) is 5.02 Å². The van der Waals surface area contributed by atoms with E-state index < -0.39 is 0 Å². The van der Waals surface area contributed by atoms with Crippen molar-refractivity contribution in [1.82, 2.24) is 5.32 Å². The predicted octanol–water partition coefficient (Wildman–Crippen LogP) is 3.43. The molecule has 1 rings (SSSR count). The molecule has 5 heteroatoms. The van der Waals surface area contributed by atoms with E-state index in [0.717, 1.165) is 16.6 Å². The molecule has 1 unspecified atom stereocenters. The Bertz CT molecular complexity index is 398. The van der Waals surface area contributed by atoms with Crippen LogP contribution < -0.4 is 10.6 Å². The number of halogens is 2. The van der Waals surface area contributed by atoms with Crippen molar-refractivity contribution in [1.29, 1.82) is 0 Å². The second-order valence-corrected chi connectivity index (χ2v) is 5.07. The predicted molar refractivity (Wildman–Crippen MR) is 75.5 cm³/mol. The summed E-state index contributed by atoms with van der Waals surface area (Å²) < 4.78 is 0.886. The van der Waals surface area contributed by atoms with Crippen LogP contribution in [-0.4, -0.2) is 18.5 Å². The maximum Gasteiger partial charge on any atom is 0.242 e. The molecule has 0 radical (unpaired) electrons. The molecule has 0 heterocycles. The van der Waals surface area contributed by atoms with Gasteiger partial charge in [-0.25, -0.2) is 0 Å². The topological polar surface area (TPSA) is 41.1 Å². The minimum absolute atomic E-state index is 0.0151. The highest BCUT2D eigenvalue weighted by atomic mass is 79.9. The first-order valence-electron chi connectivity index (χ1n) is 5.54. The van der Waals surface area contributed by atoms with Gasteiger partial charge in [-0.05, 0) is 47.5 Å². The van der Waals surface area contributed by atoms with E-state index >= 15 is 0 Å². The van der Waals surface area contributed by atoms with Crippen molar-refractivity contribution in [2.75, 3.05) is 11.9 Å². The summed E-state index contributed by atoms with van der Waals surface area (Å²) in [7, 11) is 0. The molecule has 1 atom stereocenters. The molecule has 2 N–H and O–H groups in total. The zero-order valence-electron chi connectivity index (χ0n) is 9.89. The lowest BCUT2D eigenvalue weighted by atomic mass is 10.2. The Kier molecular flexibility index (Phi) is 5.78. The largest absolute Gasteiger partial charge is 0.373 e. The second kappa shape index (κ2) is 6.87. The van der Waals surface area contributed by atoms with Gasteiger partial charge in [-0.2, -0.15) is 0 Å². The molecule has 0 saturated heterocycles. The van der Waals surface area contributed by atoms with Gasteiger partial charge in [0.25, 0.3) is 0 Å². The van der Waals surface area contributed by atoms with Crippen LogP contribution in [0.15, 0.2) is 22.7 Å². The zero-order chi connectivity index (χ0) is 12.8. The third kappa shape index (κ3) is 4.56. The van der Waals surface area contributed by atoms with Crippen LogP contribution >= 0.6 is 27.5 Å². The van der Waals surface area contributed by atoms with Gasteiger partial charge in [0.1, 0.15) is 6.04 Å². The molecule has 0 aromatic heterocycles. The Balaban J connectivity index is 2.64. The van der Waals surface area contributed by atoms with Gasteiger partial charge in [-0.1, -0.05) is 18.5 Å². The molecular weight excluding hydrogens is 304 g/mol. The van der Waals surface area contributed by atoms with Crippen molar-refractivity contribution < 1.29 is 4.79 Å². The molecule has 1 amide bonds. The van der Waals surface area contributed by atoms with E-state index in [0.29, 0.717) is 11.6 Å². The van der Waals surface area contributed by atoms with Gasteiger partial charge in [0, 0.05) is 16.0 Å². The Morgan fingerprint density at radius 2 is 2.24 bits per heavy atom. The van der Waals surface area contributed by atoms with E-state index in [-0.39, 0.29) is 11.9 Å². The van der Waals surface area contributed by atoms with Crippen LogP contribution in [0.25, 0.3) is 0 Å². The maximum absolute atomic E-state index is 11.7. The lowest BCUT2D eigenvalue weighted by Gasteiger charge is -2.16. The number of carbonyl (C=O) groups is 1. The van der Waals surface area contributed by atoms with Gasteiger partial charge in [0.05, 0.1) is 5.69 Å². The van der Waals surface area contributed by atoms with Gasteiger partial charge < -0.3 is 10.6 Å². The van der Waals surface area contributed by atoms with E-state index in [9.17, 15) is 4.79 Å². The van der Waals surface area contributed by atoms with Crippen LogP contribution in [0.3, 0.4) is 0 Å².